The van der Waals surface area contributed by atoms with Crippen molar-refractivity contribution in [2.24, 2.45) is 5.92 Å². The Balaban J connectivity index is 2.06. The largest absolute Gasteiger partial charge is 0.458 e. The zero-order valence-electron chi connectivity index (χ0n) is 24.0. The fourth-order valence-electron chi connectivity index (χ4n) is 4.85. The average molecular weight is 554 g/mol. The van der Waals surface area contributed by atoms with Crippen LogP contribution in [0.5, 0.6) is 0 Å². The number of nitriles is 1. The van der Waals surface area contributed by atoms with Crippen molar-refractivity contribution in [3.63, 3.8) is 0 Å². The summed E-state index contributed by atoms with van der Waals surface area (Å²) < 4.78 is 24.0. The van der Waals surface area contributed by atoms with E-state index >= 15 is 0 Å². The normalized spacial score (nSPS) is 21.1. The lowest BCUT2D eigenvalue weighted by atomic mass is 9.81. The summed E-state index contributed by atoms with van der Waals surface area (Å²) in [6.45, 7) is 7.97. The van der Waals surface area contributed by atoms with Crippen LogP contribution in [0, 0.1) is 27.4 Å². The van der Waals surface area contributed by atoms with Crippen LogP contribution in [0.3, 0.4) is 0 Å². The molecule has 0 aliphatic carbocycles. The molecule has 0 aromatic heterocycles. The Morgan fingerprint density at radius 3 is 2.33 bits per heavy atom. The van der Waals surface area contributed by atoms with Gasteiger partial charge in [-0.15, -0.1) is 0 Å². The third-order valence-electron chi connectivity index (χ3n) is 6.82. The Morgan fingerprint density at radius 2 is 1.77 bits per heavy atom. The van der Waals surface area contributed by atoms with Gasteiger partial charge in [0.25, 0.3) is 0 Å². The van der Waals surface area contributed by atoms with Gasteiger partial charge in [-0.25, -0.2) is 4.79 Å². The van der Waals surface area contributed by atoms with Crippen molar-refractivity contribution in [3.8, 4) is 6.07 Å². The van der Waals surface area contributed by atoms with Gasteiger partial charge in [0, 0.05) is 4.92 Å². The second kappa shape index (κ2) is 12.9. The molecule has 0 N–H and O–H groups in total. The second-order valence-electron chi connectivity index (χ2n) is 11.4. The van der Waals surface area contributed by atoms with Gasteiger partial charge in [0.05, 0.1) is 37.8 Å². The summed E-state index contributed by atoms with van der Waals surface area (Å²) in [5, 5.41) is 22.7. The van der Waals surface area contributed by atoms with E-state index in [0.717, 1.165) is 11.1 Å². The van der Waals surface area contributed by atoms with Crippen LogP contribution in [0.15, 0.2) is 60.7 Å². The van der Waals surface area contributed by atoms with E-state index in [-0.39, 0.29) is 19.8 Å². The van der Waals surface area contributed by atoms with E-state index in [1.807, 2.05) is 60.7 Å². The molecule has 1 aliphatic heterocycles. The van der Waals surface area contributed by atoms with Crippen molar-refractivity contribution in [2.45, 2.75) is 70.3 Å². The zero-order valence-corrected chi connectivity index (χ0v) is 24.0. The number of ether oxygens (including phenoxy) is 4. The first-order chi connectivity index (χ1) is 18.8. The molecule has 1 saturated heterocycles. The van der Waals surface area contributed by atoms with Gasteiger partial charge >= 0.3 is 5.97 Å². The number of likely N-dealkylation sites (N-methyl/N-ethyl adjacent to an activating group) is 1. The predicted octanol–water partition coefficient (Wildman–Crippen LogP) is 4.52. The number of carbonyl (C=O) groups excluding carboxylic acids is 1. The first kappa shape index (κ1) is 31.2. The summed E-state index contributed by atoms with van der Waals surface area (Å²) >= 11 is 0. The van der Waals surface area contributed by atoms with Gasteiger partial charge in [0.15, 0.2) is 5.79 Å². The van der Waals surface area contributed by atoms with Crippen LogP contribution in [-0.2, 0) is 30.3 Å². The molecule has 0 saturated carbocycles. The number of nitrogens with zero attached hydrogens (tertiary/aromatic N) is 3. The number of nitro groups is 1. The molecule has 1 aliphatic rings. The van der Waals surface area contributed by atoms with Gasteiger partial charge in [-0.05, 0) is 52.8 Å². The van der Waals surface area contributed by atoms with Gasteiger partial charge in [-0.2, -0.15) is 5.26 Å². The lowest BCUT2D eigenvalue weighted by Gasteiger charge is -2.49. The number of benzene rings is 2. The minimum absolute atomic E-state index is 0.103. The van der Waals surface area contributed by atoms with Gasteiger partial charge in [-0.3, -0.25) is 15.0 Å². The van der Waals surface area contributed by atoms with Crippen LogP contribution < -0.4 is 0 Å². The second-order valence-corrected chi connectivity index (χ2v) is 11.4. The van der Waals surface area contributed by atoms with Crippen molar-refractivity contribution in [1.82, 2.24) is 4.90 Å². The third-order valence-corrected chi connectivity index (χ3v) is 6.82. The quantitative estimate of drug-likeness (QED) is 0.224. The summed E-state index contributed by atoms with van der Waals surface area (Å²) in [4.78, 5) is 26.9. The molecule has 1 fully saturated rings. The van der Waals surface area contributed by atoms with Gasteiger partial charge < -0.3 is 18.9 Å². The molecule has 216 valence electrons. The van der Waals surface area contributed by atoms with Crippen LogP contribution in [0.1, 0.15) is 51.8 Å². The number of rotatable bonds is 11. The summed E-state index contributed by atoms with van der Waals surface area (Å²) in [7, 11) is 1.59. The molecule has 0 unspecified atom stereocenters. The van der Waals surface area contributed by atoms with E-state index < -0.39 is 52.4 Å². The first-order valence-electron chi connectivity index (χ1n) is 13.3. The van der Waals surface area contributed by atoms with Crippen molar-refractivity contribution in [2.75, 3.05) is 26.8 Å². The molecule has 4 atom stereocenters. The highest BCUT2D eigenvalue weighted by atomic mass is 16.7. The monoisotopic (exact) mass is 553 g/mol. The number of hydrogen-bond acceptors (Lipinski definition) is 9. The summed E-state index contributed by atoms with van der Waals surface area (Å²) in [6.07, 6.45) is -0.605. The summed E-state index contributed by atoms with van der Waals surface area (Å²) in [6, 6.07) is 20.2. The smallest absolute Gasteiger partial charge is 0.342 e. The van der Waals surface area contributed by atoms with E-state index in [4.69, 9.17) is 18.9 Å². The Hall–Kier alpha value is -3.36. The zero-order chi connectivity index (χ0) is 29.6. The van der Waals surface area contributed by atoms with Crippen LogP contribution in [0.25, 0.3) is 0 Å². The number of hydrogen-bond donors (Lipinski definition) is 0. The number of esters is 1. The predicted molar refractivity (Wildman–Crippen MR) is 147 cm³/mol. The molecule has 0 amide bonds. The Labute approximate surface area is 235 Å². The molecule has 2 aromatic carbocycles. The minimum Gasteiger partial charge on any atom is -0.458 e. The standard InChI is InChI=1S/C30H39N3O7/c1-28(2,3)40-27(34)30(21-31,24(17-33(35)36)19-37-18-22-13-9-7-10-14-22)32(6)25-20-38-29(4,5)39-26(25)23-15-11-8-12-16-23/h7-16,24-26H,17-20H2,1-6H3/t24-,25+,26+,30-/m1/s1. The SMILES string of the molecule is CN([C@H]1COC(C)(C)O[C@H]1c1ccccc1)[C@@](C#N)(C(=O)OC(C)(C)C)[C@@H](COCc1ccccc1)C[N+](=O)[O-]. The Bertz CT molecular complexity index is 1180. The molecule has 2 aromatic rings. The van der Waals surface area contributed by atoms with Crippen LogP contribution in [0.4, 0.5) is 0 Å². The molecule has 0 radical (unpaired) electrons. The lowest BCUT2D eigenvalue weighted by Crippen LogP contribution is -2.66. The molecule has 3 rings (SSSR count). The molecule has 10 nitrogen and oxygen atoms in total. The Kier molecular flexibility index (Phi) is 10.0. The van der Waals surface area contributed by atoms with E-state index in [2.05, 4.69) is 6.07 Å². The van der Waals surface area contributed by atoms with Crippen LogP contribution in [-0.4, -0.2) is 65.6 Å². The van der Waals surface area contributed by atoms with E-state index in [1.165, 1.54) is 4.90 Å². The highest BCUT2D eigenvalue weighted by Gasteiger charge is 2.58. The molecule has 10 heteroatoms. The fourth-order valence-corrected chi connectivity index (χ4v) is 4.85. The van der Waals surface area contributed by atoms with E-state index in [1.54, 1.807) is 41.7 Å². The molecule has 0 bridgehead atoms. The van der Waals surface area contributed by atoms with Gasteiger partial charge in [0.1, 0.15) is 11.7 Å². The molecular weight excluding hydrogens is 514 g/mol. The first-order valence-corrected chi connectivity index (χ1v) is 13.3. The Morgan fingerprint density at radius 1 is 1.18 bits per heavy atom. The lowest BCUT2D eigenvalue weighted by molar-refractivity contribution is -0.491. The summed E-state index contributed by atoms with van der Waals surface area (Å²) in [5.74, 6) is -3.00. The topological polar surface area (TPSA) is 124 Å². The maximum atomic E-state index is 14.0. The van der Waals surface area contributed by atoms with Crippen molar-refractivity contribution in [1.29, 1.82) is 5.26 Å². The highest BCUT2D eigenvalue weighted by molar-refractivity contribution is 5.85. The van der Waals surface area contributed by atoms with Crippen molar-refractivity contribution in [3.05, 3.63) is 81.9 Å². The molecule has 40 heavy (non-hydrogen) atoms. The van der Waals surface area contributed by atoms with Gasteiger partial charge in [-0.1, -0.05) is 60.7 Å². The maximum absolute atomic E-state index is 14.0. The molecular formula is C30H39N3O7. The molecule has 0 spiro atoms. The van der Waals surface area contributed by atoms with E-state index in [0.29, 0.717) is 0 Å². The van der Waals surface area contributed by atoms with Gasteiger partial charge in [0.2, 0.25) is 12.1 Å². The van der Waals surface area contributed by atoms with Crippen molar-refractivity contribution < 1.29 is 28.7 Å². The maximum Gasteiger partial charge on any atom is 0.342 e. The number of carbonyl (C=O) groups is 1. The van der Waals surface area contributed by atoms with E-state index in [9.17, 15) is 20.2 Å². The van der Waals surface area contributed by atoms with Crippen LogP contribution in [0.2, 0.25) is 0 Å². The molecule has 1 heterocycles. The van der Waals surface area contributed by atoms with Crippen molar-refractivity contribution >= 4 is 5.97 Å². The average Bonchev–Trinajstić information content (AvgIpc) is 2.88. The summed E-state index contributed by atoms with van der Waals surface area (Å²) in [5.41, 5.74) is -1.37. The van der Waals surface area contributed by atoms with Crippen LogP contribution >= 0.6 is 0 Å². The minimum atomic E-state index is -2.09. The fraction of sp³-hybridized carbons (Fsp3) is 0.533. The highest BCUT2D eigenvalue weighted by Crippen LogP contribution is 2.40. The third kappa shape index (κ3) is 7.64.